The van der Waals surface area contributed by atoms with Crippen molar-refractivity contribution in [2.24, 2.45) is 18.9 Å². The standard InChI is InChI=1S/C9H11N3O3/c1-12-3-2-10-9(12)11-7(13)5-4-6(5)8(14)15/h2-3,5-6H,4H2,1H3,(H,14,15)(H,10,11,13). The molecular formula is C9H11N3O3. The highest BCUT2D eigenvalue weighted by Gasteiger charge is 2.48. The fourth-order valence-electron chi connectivity index (χ4n) is 1.45. The van der Waals surface area contributed by atoms with Crippen LogP contribution < -0.4 is 5.32 Å². The number of aromatic nitrogens is 2. The average molecular weight is 209 g/mol. The summed E-state index contributed by atoms with van der Waals surface area (Å²) in [5, 5.41) is 11.2. The molecule has 1 aliphatic rings. The minimum atomic E-state index is -0.907. The summed E-state index contributed by atoms with van der Waals surface area (Å²) in [6.07, 6.45) is 3.69. The molecule has 1 aromatic rings. The quantitative estimate of drug-likeness (QED) is 0.738. The molecular weight excluding hydrogens is 198 g/mol. The van der Waals surface area contributed by atoms with E-state index < -0.39 is 17.8 Å². The van der Waals surface area contributed by atoms with Gasteiger partial charge in [0.05, 0.1) is 11.8 Å². The molecule has 1 aliphatic carbocycles. The van der Waals surface area contributed by atoms with Crippen LogP contribution in [0, 0.1) is 11.8 Å². The molecule has 6 heteroatoms. The van der Waals surface area contributed by atoms with Gasteiger partial charge in [0.2, 0.25) is 11.9 Å². The number of carboxylic acid groups (broad SMARTS) is 1. The summed E-state index contributed by atoms with van der Waals surface area (Å²) in [6, 6.07) is 0. The number of anilines is 1. The van der Waals surface area contributed by atoms with E-state index in [0.29, 0.717) is 12.4 Å². The Morgan fingerprint density at radius 1 is 1.60 bits per heavy atom. The monoisotopic (exact) mass is 209 g/mol. The average Bonchev–Trinajstić information content (AvgIpc) is 2.88. The van der Waals surface area contributed by atoms with Crippen molar-refractivity contribution in [3.8, 4) is 0 Å². The van der Waals surface area contributed by atoms with Gasteiger partial charge in [0, 0.05) is 19.4 Å². The summed E-state index contributed by atoms with van der Waals surface area (Å²) >= 11 is 0. The van der Waals surface area contributed by atoms with Crippen LogP contribution in [0.1, 0.15) is 6.42 Å². The predicted octanol–water partition coefficient (Wildman–Crippen LogP) is 0.0793. The number of aryl methyl sites for hydroxylation is 1. The summed E-state index contributed by atoms with van der Waals surface area (Å²) in [5.41, 5.74) is 0. The van der Waals surface area contributed by atoms with Crippen LogP contribution in [0.2, 0.25) is 0 Å². The van der Waals surface area contributed by atoms with Gasteiger partial charge in [-0.05, 0) is 6.42 Å². The molecule has 0 bridgehead atoms. The first-order valence-corrected chi connectivity index (χ1v) is 4.60. The second kappa shape index (κ2) is 3.38. The van der Waals surface area contributed by atoms with E-state index in [-0.39, 0.29) is 5.91 Å². The van der Waals surface area contributed by atoms with Crippen LogP contribution in [0.4, 0.5) is 5.95 Å². The Labute approximate surface area is 85.9 Å². The van der Waals surface area contributed by atoms with Crippen molar-refractivity contribution < 1.29 is 14.7 Å². The summed E-state index contributed by atoms with van der Waals surface area (Å²) in [7, 11) is 1.75. The van der Waals surface area contributed by atoms with Crippen molar-refractivity contribution in [2.75, 3.05) is 5.32 Å². The molecule has 0 radical (unpaired) electrons. The van der Waals surface area contributed by atoms with Gasteiger partial charge in [0.1, 0.15) is 0 Å². The van der Waals surface area contributed by atoms with Crippen molar-refractivity contribution in [2.45, 2.75) is 6.42 Å². The van der Waals surface area contributed by atoms with Gasteiger partial charge in [-0.2, -0.15) is 0 Å². The first-order valence-electron chi connectivity index (χ1n) is 4.60. The van der Waals surface area contributed by atoms with Crippen LogP contribution in [0.15, 0.2) is 12.4 Å². The van der Waals surface area contributed by atoms with Gasteiger partial charge in [-0.25, -0.2) is 4.98 Å². The fraction of sp³-hybridized carbons (Fsp3) is 0.444. The minimum Gasteiger partial charge on any atom is -0.481 e. The number of nitrogens with zero attached hydrogens (tertiary/aromatic N) is 2. The van der Waals surface area contributed by atoms with E-state index >= 15 is 0 Å². The molecule has 0 aliphatic heterocycles. The van der Waals surface area contributed by atoms with Gasteiger partial charge < -0.3 is 9.67 Å². The highest BCUT2D eigenvalue weighted by Crippen LogP contribution is 2.39. The molecule has 0 spiro atoms. The Morgan fingerprint density at radius 3 is 2.80 bits per heavy atom. The van der Waals surface area contributed by atoms with Gasteiger partial charge in [-0.1, -0.05) is 0 Å². The maximum Gasteiger partial charge on any atom is 0.307 e. The molecule has 1 saturated carbocycles. The van der Waals surface area contributed by atoms with Crippen molar-refractivity contribution in [3.05, 3.63) is 12.4 Å². The number of aliphatic carboxylic acids is 1. The fourth-order valence-corrected chi connectivity index (χ4v) is 1.45. The van der Waals surface area contributed by atoms with Crippen molar-refractivity contribution in [1.29, 1.82) is 0 Å². The molecule has 1 fully saturated rings. The molecule has 2 atom stereocenters. The van der Waals surface area contributed by atoms with Crippen molar-refractivity contribution in [3.63, 3.8) is 0 Å². The van der Waals surface area contributed by atoms with Crippen LogP contribution in [0.3, 0.4) is 0 Å². The zero-order valence-electron chi connectivity index (χ0n) is 8.17. The zero-order chi connectivity index (χ0) is 11.0. The second-order valence-electron chi connectivity index (χ2n) is 3.64. The number of hydrogen-bond acceptors (Lipinski definition) is 3. The number of amides is 1. The van der Waals surface area contributed by atoms with E-state index in [1.165, 1.54) is 0 Å². The molecule has 2 unspecified atom stereocenters. The van der Waals surface area contributed by atoms with E-state index in [1.807, 2.05) is 0 Å². The Kier molecular flexibility index (Phi) is 2.18. The third kappa shape index (κ3) is 1.83. The molecule has 2 N–H and O–H groups in total. The highest BCUT2D eigenvalue weighted by atomic mass is 16.4. The smallest absolute Gasteiger partial charge is 0.307 e. The maximum absolute atomic E-state index is 11.5. The molecule has 0 aromatic carbocycles. The first kappa shape index (κ1) is 9.70. The van der Waals surface area contributed by atoms with Crippen LogP contribution >= 0.6 is 0 Å². The number of imidazole rings is 1. The molecule has 1 aromatic heterocycles. The van der Waals surface area contributed by atoms with Gasteiger partial charge in [-0.15, -0.1) is 0 Å². The molecule has 1 amide bonds. The number of nitrogens with one attached hydrogen (secondary N) is 1. The number of carbonyl (C=O) groups excluding carboxylic acids is 1. The van der Waals surface area contributed by atoms with Gasteiger partial charge in [-0.3, -0.25) is 14.9 Å². The lowest BCUT2D eigenvalue weighted by Crippen LogP contribution is -2.18. The summed E-state index contributed by atoms with van der Waals surface area (Å²) < 4.78 is 1.66. The van der Waals surface area contributed by atoms with Crippen LogP contribution in [-0.2, 0) is 16.6 Å². The minimum absolute atomic E-state index is 0.267. The SMILES string of the molecule is Cn1ccnc1NC(=O)C1CC1C(=O)O. The third-order valence-electron chi connectivity index (χ3n) is 2.50. The Balaban J connectivity index is 1.95. The number of hydrogen-bond donors (Lipinski definition) is 2. The van der Waals surface area contributed by atoms with E-state index in [1.54, 1.807) is 24.0 Å². The summed E-state index contributed by atoms with van der Waals surface area (Å²) in [4.78, 5) is 26.0. The summed E-state index contributed by atoms with van der Waals surface area (Å²) in [5.74, 6) is -1.66. The van der Waals surface area contributed by atoms with Crippen molar-refractivity contribution >= 4 is 17.8 Å². The van der Waals surface area contributed by atoms with Crippen LogP contribution in [0.25, 0.3) is 0 Å². The van der Waals surface area contributed by atoms with E-state index in [0.717, 1.165) is 0 Å². The molecule has 1 heterocycles. The summed E-state index contributed by atoms with van der Waals surface area (Å²) in [6.45, 7) is 0. The van der Waals surface area contributed by atoms with Gasteiger partial charge >= 0.3 is 5.97 Å². The lowest BCUT2D eigenvalue weighted by molar-refractivity contribution is -0.139. The normalized spacial score (nSPS) is 23.5. The number of carboxylic acids is 1. The lowest BCUT2D eigenvalue weighted by Gasteiger charge is -2.03. The zero-order valence-corrected chi connectivity index (χ0v) is 8.17. The lowest BCUT2D eigenvalue weighted by atomic mass is 10.3. The molecule has 0 saturated heterocycles. The highest BCUT2D eigenvalue weighted by molar-refractivity contribution is 5.97. The van der Waals surface area contributed by atoms with Crippen LogP contribution in [0.5, 0.6) is 0 Å². The van der Waals surface area contributed by atoms with Gasteiger partial charge in [0.25, 0.3) is 0 Å². The predicted molar refractivity (Wildman–Crippen MR) is 51.1 cm³/mol. The maximum atomic E-state index is 11.5. The molecule has 15 heavy (non-hydrogen) atoms. The van der Waals surface area contributed by atoms with E-state index in [9.17, 15) is 9.59 Å². The number of carbonyl (C=O) groups is 2. The van der Waals surface area contributed by atoms with Crippen molar-refractivity contribution in [1.82, 2.24) is 9.55 Å². The van der Waals surface area contributed by atoms with E-state index in [4.69, 9.17) is 5.11 Å². The van der Waals surface area contributed by atoms with Gasteiger partial charge in [0.15, 0.2) is 0 Å². The number of rotatable bonds is 3. The first-order chi connectivity index (χ1) is 7.09. The third-order valence-corrected chi connectivity index (χ3v) is 2.50. The molecule has 2 rings (SSSR count). The molecule has 6 nitrogen and oxygen atoms in total. The topological polar surface area (TPSA) is 84.2 Å². The Bertz CT molecular complexity index is 412. The van der Waals surface area contributed by atoms with E-state index in [2.05, 4.69) is 10.3 Å². The molecule has 80 valence electrons. The van der Waals surface area contributed by atoms with Crippen LogP contribution in [-0.4, -0.2) is 26.5 Å². The second-order valence-corrected chi connectivity index (χ2v) is 3.64. The Morgan fingerprint density at radius 2 is 2.33 bits per heavy atom. The Hall–Kier alpha value is -1.85. The largest absolute Gasteiger partial charge is 0.481 e.